The van der Waals surface area contributed by atoms with Crippen LogP contribution in [-0.4, -0.2) is 38.5 Å². The van der Waals surface area contributed by atoms with Crippen molar-refractivity contribution in [2.45, 2.75) is 31.4 Å². The molecule has 1 aliphatic carbocycles. The number of alkyl halides is 3. The highest BCUT2D eigenvalue weighted by Crippen LogP contribution is 2.37. The SMILES string of the molecule is O=C(C1CC1)N1CCC(c2cc3nc(-c4cccs4)cc(C(F)(F)F)n3n2)C1. The molecule has 1 saturated heterocycles. The average molecular weight is 406 g/mol. The standard InChI is InChI=1S/C19H17F3N4OS/c20-19(21,22)16-8-14(15-2-1-7-28-15)23-17-9-13(24-26(16)17)12-5-6-25(10-12)18(27)11-3-4-11/h1-2,7-9,11-12H,3-6,10H2. The van der Waals surface area contributed by atoms with Crippen LogP contribution in [0.3, 0.4) is 0 Å². The molecular formula is C19H17F3N4OS. The summed E-state index contributed by atoms with van der Waals surface area (Å²) in [6, 6.07) is 6.21. The number of fused-ring (bicyclic) bond motifs is 1. The largest absolute Gasteiger partial charge is 0.433 e. The third kappa shape index (κ3) is 3.07. The van der Waals surface area contributed by atoms with Crippen LogP contribution < -0.4 is 0 Å². The van der Waals surface area contributed by atoms with Crippen LogP contribution in [0.4, 0.5) is 13.2 Å². The first-order valence-corrected chi connectivity index (χ1v) is 10.1. The molecule has 0 N–H and O–H groups in total. The van der Waals surface area contributed by atoms with Gasteiger partial charge in [-0.3, -0.25) is 4.79 Å². The van der Waals surface area contributed by atoms with Gasteiger partial charge in [-0.15, -0.1) is 11.3 Å². The van der Waals surface area contributed by atoms with Crippen molar-refractivity contribution < 1.29 is 18.0 Å². The van der Waals surface area contributed by atoms with Crippen molar-refractivity contribution in [1.82, 2.24) is 19.5 Å². The Hall–Kier alpha value is -2.42. The molecule has 28 heavy (non-hydrogen) atoms. The fourth-order valence-corrected chi connectivity index (χ4v) is 4.42. The molecule has 0 bridgehead atoms. The Bertz CT molecular complexity index is 1040. The molecule has 1 unspecified atom stereocenters. The van der Waals surface area contributed by atoms with E-state index in [0.29, 0.717) is 35.8 Å². The molecule has 0 radical (unpaired) electrons. The molecule has 1 atom stereocenters. The topological polar surface area (TPSA) is 50.5 Å². The first-order chi connectivity index (χ1) is 13.4. The van der Waals surface area contributed by atoms with Gasteiger partial charge in [-0.25, -0.2) is 9.50 Å². The zero-order valence-corrected chi connectivity index (χ0v) is 15.6. The van der Waals surface area contributed by atoms with Gasteiger partial charge in [0.05, 0.1) is 16.3 Å². The molecular weight excluding hydrogens is 389 g/mol. The van der Waals surface area contributed by atoms with Crippen LogP contribution in [0.15, 0.2) is 29.6 Å². The van der Waals surface area contributed by atoms with Gasteiger partial charge < -0.3 is 4.90 Å². The minimum Gasteiger partial charge on any atom is -0.342 e. The van der Waals surface area contributed by atoms with Crippen molar-refractivity contribution in [2.24, 2.45) is 5.92 Å². The second kappa shape index (κ2) is 6.30. The van der Waals surface area contributed by atoms with Crippen molar-refractivity contribution in [1.29, 1.82) is 0 Å². The van der Waals surface area contributed by atoms with E-state index in [9.17, 15) is 18.0 Å². The van der Waals surface area contributed by atoms with Gasteiger partial charge in [0.15, 0.2) is 11.3 Å². The molecule has 2 fully saturated rings. The van der Waals surface area contributed by atoms with Crippen LogP contribution in [-0.2, 0) is 11.0 Å². The van der Waals surface area contributed by atoms with Crippen LogP contribution in [0.25, 0.3) is 16.2 Å². The summed E-state index contributed by atoms with van der Waals surface area (Å²) >= 11 is 1.34. The minimum atomic E-state index is -4.54. The molecule has 2 aliphatic rings. The number of aromatic nitrogens is 3. The van der Waals surface area contributed by atoms with Crippen molar-refractivity contribution in [2.75, 3.05) is 13.1 Å². The lowest BCUT2D eigenvalue weighted by molar-refractivity contribution is -0.142. The lowest BCUT2D eigenvalue weighted by Gasteiger charge is -2.15. The minimum absolute atomic E-state index is 0.0596. The van der Waals surface area contributed by atoms with Gasteiger partial charge in [0.1, 0.15) is 0 Å². The Labute approximate surface area is 162 Å². The number of rotatable bonds is 3. The number of likely N-dealkylation sites (tertiary alicyclic amines) is 1. The maximum atomic E-state index is 13.7. The lowest BCUT2D eigenvalue weighted by atomic mass is 10.1. The quantitative estimate of drug-likeness (QED) is 0.655. The summed E-state index contributed by atoms with van der Waals surface area (Å²) in [6.07, 6.45) is -1.95. The molecule has 1 amide bonds. The van der Waals surface area contributed by atoms with E-state index in [1.54, 1.807) is 23.6 Å². The molecule has 146 valence electrons. The second-order valence-corrected chi connectivity index (χ2v) is 8.33. The monoisotopic (exact) mass is 406 g/mol. The van der Waals surface area contributed by atoms with Gasteiger partial charge in [-0.2, -0.15) is 18.3 Å². The van der Waals surface area contributed by atoms with Crippen LogP contribution in [0.1, 0.15) is 36.6 Å². The molecule has 0 aromatic carbocycles. The third-order valence-electron chi connectivity index (χ3n) is 5.35. The van der Waals surface area contributed by atoms with Gasteiger partial charge in [-0.05, 0) is 36.8 Å². The van der Waals surface area contributed by atoms with E-state index in [4.69, 9.17) is 0 Å². The summed E-state index contributed by atoms with van der Waals surface area (Å²) in [7, 11) is 0. The number of carbonyl (C=O) groups is 1. The van der Waals surface area contributed by atoms with Gasteiger partial charge in [-0.1, -0.05) is 6.07 Å². The molecule has 3 aromatic rings. The summed E-state index contributed by atoms with van der Waals surface area (Å²) in [5, 5.41) is 6.04. The molecule has 5 nitrogen and oxygen atoms in total. The third-order valence-corrected chi connectivity index (χ3v) is 6.25. The summed E-state index contributed by atoms with van der Waals surface area (Å²) in [4.78, 5) is 19.2. The molecule has 4 heterocycles. The zero-order chi connectivity index (χ0) is 19.5. The fraction of sp³-hybridized carbons (Fsp3) is 0.421. The fourth-order valence-electron chi connectivity index (χ4n) is 3.73. The predicted molar refractivity (Wildman–Crippen MR) is 98.0 cm³/mol. The maximum absolute atomic E-state index is 13.7. The zero-order valence-electron chi connectivity index (χ0n) is 14.8. The summed E-state index contributed by atoms with van der Waals surface area (Å²) < 4.78 is 41.8. The van der Waals surface area contributed by atoms with Gasteiger partial charge >= 0.3 is 6.18 Å². The van der Waals surface area contributed by atoms with Crippen LogP contribution in [0, 0.1) is 5.92 Å². The Morgan fingerprint density at radius 2 is 2.04 bits per heavy atom. The van der Waals surface area contributed by atoms with Crippen LogP contribution >= 0.6 is 11.3 Å². The predicted octanol–water partition coefficient (Wildman–Crippen LogP) is 4.20. The normalized spacial score (nSPS) is 20.2. The van der Waals surface area contributed by atoms with E-state index < -0.39 is 11.9 Å². The van der Waals surface area contributed by atoms with Crippen molar-refractivity contribution in [3.8, 4) is 10.6 Å². The molecule has 5 rings (SSSR count). The first-order valence-electron chi connectivity index (χ1n) is 9.21. The molecule has 3 aromatic heterocycles. The number of hydrogen-bond acceptors (Lipinski definition) is 4. The molecule has 1 aliphatic heterocycles. The van der Waals surface area contributed by atoms with Crippen molar-refractivity contribution in [3.05, 3.63) is 41.0 Å². The Morgan fingerprint density at radius 1 is 1.21 bits per heavy atom. The number of nitrogens with zero attached hydrogens (tertiary/aromatic N) is 4. The molecule has 0 spiro atoms. The van der Waals surface area contributed by atoms with Gasteiger partial charge in [0.25, 0.3) is 0 Å². The Morgan fingerprint density at radius 3 is 2.71 bits per heavy atom. The van der Waals surface area contributed by atoms with E-state index >= 15 is 0 Å². The molecule has 1 saturated carbocycles. The highest BCUT2D eigenvalue weighted by molar-refractivity contribution is 7.13. The lowest BCUT2D eigenvalue weighted by Crippen LogP contribution is -2.29. The number of hydrogen-bond donors (Lipinski definition) is 0. The van der Waals surface area contributed by atoms with Crippen molar-refractivity contribution >= 4 is 22.9 Å². The average Bonchev–Trinajstić information content (AvgIpc) is 3.06. The number of carbonyl (C=O) groups excluding carboxylic acids is 1. The summed E-state index contributed by atoms with van der Waals surface area (Å²) in [5.74, 6) is 0.252. The smallest absolute Gasteiger partial charge is 0.342 e. The maximum Gasteiger partial charge on any atom is 0.433 e. The number of halogens is 3. The number of amides is 1. The highest BCUT2D eigenvalue weighted by Gasteiger charge is 2.39. The second-order valence-electron chi connectivity index (χ2n) is 7.39. The number of thiophene rings is 1. The first kappa shape index (κ1) is 17.7. The Balaban J connectivity index is 1.52. The van der Waals surface area contributed by atoms with E-state index in [-0.39, 0.29) is 23.4 Å². The Kier molecular flexibility index (Phi) is 3.97. The summed E-state index contributed by atoms with van der Waals surface area (Å²) in [6.45, 7) is 1.15. The van der Waals surface area contributed by atoms with Gasteiger partial charge in [0, 0.05) is 31.0 Å². The van der Waals surface area contributed by atoms with Gasteiger partial charge in [0.2, 0.25) is 5.91 Å². The van der Waals surface area contributed by atoms with Crippen LogP contribution in [0.2, 0.25) is 0 Å². The van der Waals surface area contributed by atoms with E-state index in [1.807, 2.05) is 4.90 Å². The molecule has 9 heteroatoms. The van der Waals surface area contributed by atoms with E-state index in [0.717, 1.165) is 23.4 Å². The van der Waals surface area contributed by atoms with Crippen LogP contribution in [0.5, 0.6) is 0 Å². The van der Waals surface area contributed by atoms with E-state index in [2.05, 4.69) is 10.1 Å². The highest BCUT2D eigenvalue weighted by atomic mass is 32.1. The van der Waals surface area contributed by atoms with E-state index in [1.165, 1.54) is 11.3 Å². The van der Waals surface area contributed by atoms with Crippen molar-refractivity contribution in [3.63, 3.8) is 0 Å². The summed E-state index contributed by atoms with van der Waals surface area (Å²) in [5.41, 5.74) is 0.196.